The van der Waals surface area contributed by atoms with Crippen molar-refractivity contribution in [1.82, 2.24) is 10.3 Å². The zero-order valence-electron chi connectivity index (χ0n) is 18.0. The third kappa shape index (κ3) is 5.60. The molecule has 36 heavy (non-hydrogen) atoms. The second-order valence-corrected chi connectivity index (χ2v) is 8.98. The van der Waals surface area contributed by atoms with Crippen LogP contribution in [0, 0.1) is 0 Å². The number of alkyl halides is 5. The number of ether oxygens (including phenoxy) is 1. The number of nitrogens with zero attached hydrogens (tertiary/aromatic N) is 1. The van der Waals surface area contributed by atoms with Crippen LogP contribution in [0.1, 0.15) is 21.5 Å². The first kappa shape index (κ1) is 25.8. The first-order chi connectivity index (χ1) is 17.0. The number of para-hydroxylation sites is 1. The van der Waals surface area contributed by atoms with Crippen molar-refractivity contribution in [3.8, 4) is 11.5 Å². The average molecular weight is 586 g/mol. The zero-order valence-corrected chi connectivity index (χ0v) is 20.4. The van der Waals surface area contributed by atoms with E-state index in [0.717, 1.165) is 30.5 Å². The molecule has 0 spiro atoms. The Morgan fingerprint density at radius 2 is 1.75 bits per heavy atom. The summed E-state index contributed by atoms with van der Waals surface area (Å²) in [6, 6.07) is 14.3. The molecule has 0 unspecified atom stereocenters. The van der Waals surface area contributed by atoms with Gasteiger partial charge in [-0.15, -0.1) is 0 Å². The second-order valence-electron chi connectivity index (χ2n) is 7.65. The van der Waals surface area contributed by atoms with Gasteiger partial charge in [-0.1, -0.05) is 57.9 Å². The lowest BCUT2D eigenvalue weighted by molar-refractivity contribution is -0.137. The number of hydrogen-bond acceptors (Lipinski definition) is 3. The monoisotopic (exact) mass is 584 g/mol. The van der Waals surface area contributed by atoms with Crippen LogP contribution in [0.5, 0.6) is 11.5 Å². The van der Waals surface area contributed by atoms with E-state index in [1.807, 2.05) is 0 Å². The normalized spacial score (nSPS) is 12.0. The van der Waals surface area contributed by atoms with E-state index in [1.165, 1.54) is 24.3 Å². The maximum absolute atomic E-state index is 14.9. The van der Waals surface area contributed by atoms with Gasteiger partial charge >= 0.3 is 6.18 Å². The van der Waals surface area contributed by atoms with E-state index >= 15 is 0 Å². The smallest absolute Gasteiger partial charge is 0.416 e. The largest absolute Gasteiger partial charge is 0.455 e. The number of carbonyl (C=O) groups is 1. The third-order valence-corrected chi connectivity index (χ3v) is 5.96. The van der Waals surface area contributed by atoms with E-state index in [4.69, 9.17) is 16.3 Å². The Hall–Kier alpha value is -3.24. The number of hydrogen-bond donors (Lipinski definition) is 1. The van der Waals surface area contributed by atoms with Gasteiger partial charge in [-0.2, -0.15) is 22.0 Å². The van der Waals surface area contributed by atoms with Crippen molar-refractivity contribution in [2.45, 2.75) is 12.1 Å². The maximum Gasteiger partial charge on any atom is 0.416 e. The molecule has 4 aromatic rings. The van der Waals surface area contributed by atoms with E-state index in [1.54, 1.807) is 18.2 Å². The minimum Gasteiger partial charge on any atom is -0.455 e. The van der Waals surface area contributed by atoms with Gasteiger partial charge in [0, 0.05) is 15.4 Å². The van der Waals surface area contributed by atoms with Crippen LogP contribution in [0.25, 0.3) is 10.9 Å². The molecule has 0 bridgehead atoms. The van der Waals surface area contributed by atoms with Crippen molar-refractivity contribution in [1.29, 1.82) is 0 Å². The molecule has 1 N–H and O–H groups in total. The molecule has 0 aliphatic carbocycles. The highest BCUT2D eigenvalue weighted by Crippen LogP contribution is 2.36. The SMILES string of the molecule is O=C(NCC(F)(F)c1ccc(Br)cc1Cl)c1c(Oc2cccc(C(F)(F)F)c2)cnc2ccccc12. The molecule has 0 saturated heterocycles. The van der Waals surface area contributed by atoms with Gasteiger partial charge < -0.3 is 10.1 Å². The van der Waals surface area contributed by atoms with Gasteiger partial charge in [-0.3, -0.25) is 9.78 Å². The van der Waals surface area contributed by atoms with Crippen molar-refractivity contribution in [3.63, 3.8) is 0 Å². The van der Waals surface area contributed by atoms with Gasteiger partial charge in [0.2, 0.25) is 0 Å². The van der Waals surface area contributed by atoms with Crippen LogP contribution in [0.15, 0.2) is 77.4 Å². The Labute approximate surface area is 215 Å². The number of amides is 1. The molecule has 0 atom stereocenters. The molecule has 1 heterocycles. The number of benzene rings is 3. The Bertz CT molecular complexity index is 1450. The molecule has 1 aromatic heterocycles. The molecule has 0 fully saturated rings. The Kier molecular flexibility index (Phi) is 7.19. The molecule has 186 valence electrons. The van der Waals surface area contributed by atoms with Gasteiger partial charge in [-0.25, -0.2) is 0 Å². The Morgan fingerprint density at radius 3 is 2.47 bits per heavy atom. The van der Waals surface area contributed by atoms with Crippen molar-refractivity contribution in [3.05, 3.63) is 99.1 Å². The average Bonchev–Trinajstić information content (AvgIpc) is 2.82. The standard InChI is InChI=1S/C25H15BrClF5N2O2/c26-15-8-9-18(19(27)11-15)24(28,29)13-34-23(35)22-17-6-1-2-7-20(17)33-12-21(22)36-16-5-3-4-14(10-16)25(30,31)32/h1-12H,13H2,(H,34,35). The maximum atomic E-state index is 14.9. The summed E-state index contributed by atoms with van der Waals surface area (Å²) < 4.78 is 75.2. The first-order valence-electron chi connectivity index (χ1n) is 10.3. The lowest BCUT2D eigenvalue weighted by atomic mass is 10.1. The summed E-state index contributed by atoms with van der Waals surface area (Å²) in [5.74, 6) is -4.85. The predicted molar refractivity (Wildman–Crippen MR) is 129 cm³/mol. The molecular weight excluding hydrogens is 571 g/mol. The number of fused-ring (bicyclic) bond motifs is 1. The molecular formula is C25H15BrClF5N2O2. The van der Waals surface area contributed by atoms with Crippen LogP contribution in [0.2, 0.25) is 5.02 Å². The highest BCUT2D eigenvalue weighted by atomic mass is 79.9. The van der Waals surface area contributed by atoms with Gasteiger partial charge in [0.25, 0.3) is 11.8 Å². The fraction of sp³-hybridized carbons (Fsp3) is 0.120. The number of halogens is 7. The highest BCUT2D eigenvalue weighted by Gasteiger charge is 2.35. The van der Waals surface area contributed by atoms with Crippen LogP contribution in [-0.2, 0) is 12.1 Å². The lowest BCUT2D eigenvalue weighted by Gasteiger charge is -2.20. The summed E-state index contributed by atoms with van der Waals surface area (Å²) in [7, 11) is 0. The van der Waals surface area contributed by atoms with Crippen molar-refractivity contribution in [2.75, 3.05) is 6.54 Å². The summed E-state index contributed by atoms with van der Waals surface area (Å²) in [5, 5.41) is 2.27. The van der Waals surface area contributed by atoms with Crippen LogP contribution in [-0.4, -0.2) is 17.4 Å². The molecule has 0 aliphatic heterocycles. The summed E-state index contributed by atoms with van der Waals surface area (Å²) in [4.78, 5) is 17.3. The summed E-state index contributed by atoms with van der Waals surface area (Å²) in [6.45, 7) is -1.09. The van der Waals surface area contributed by atoms with Gasteiger partial charge in [0.1, 0.15) is 5.75 Å². The number of carbonyl (C=O) groups excluding carboxylic acids is 1. The minimum absolute atomic E-state index is 0.157. The fourth-order valence-electron chi connectivity index (χ4n) is 3.46. The fourth-order valence-corrected chi connectivity index (χ4v) is 4.27. The van der Waals surface area contributed by atoms with Gasteiger partial charge in [-0.05, 0) is 36.4 Å². The van der Waals surface area contributed by atoms with E-state index in [-0.39, 0.29) is 27.5 Å². The molecule has 0 saturated carbocycles. The minimum atomic E-state index is -4.61. The molecule has 11 heteroatoms. The Balaban J connectivity index is 1.67. The van der Waals surface area contributed by atoms with Crippen molar-refractivity contribution >= 4 is 44.3 Å². The van der Waals surface area contributed by atoms with Gasteiger partial charge in [0.05, 0.1) is 34.4 Å². The zero-order chi connectivity index (χ0) is 26.1. The van der Waals surface area contributed by atoms with Crippen LogP contribution >= 0.6 is 27.5 Å². The van der Waals surface area contributed by atoms with Crippen LogP contribution in [0.3, 0.4) is 0 Å². The lowest BCUT2D eigenvalue weighted by Crippen LogP contribution is -2.35. The second kappa shape index (κ2) is 10.0. The molecule has 3 aromatic carbocycles. The quantitative estimate of drug-likeness (QED) is 0.234. The van der Waals surface area contributed by atoms with Crippen LogP contribution < -0.4 is 10.1 Å². The van der Waals surface area contributed by atoms with E-state index in [9.17, 15) is 26.7 Å². The van der Waals surface area contributed by atoms with E-state index < -0.39 is 35.7 Å². The van der Waals surface area contributed by atoms with Crippen LogP contribution in [0.4, 0.5) is 22.0 Å². The summed E-state index contributed by atoms with van der Waals surface area (Å²) >= 11 is 9.10. The van der Waals surface area contributed by atoms with E-state index in [0.29, 0.717) is 9.99 Å². The first-order valence-corrected chi connectivity index (χ1v) is 11.5. The molecule has 1 amide bonds. The number of pyridine rings is 1. The molecule has 4 rings (SSSR count). The summed E-state index contributed by atoms with van der Waals surface area (Å²) in [6.07, 6.45) is -3.46. The summed E-state index contributed by atoms with van der Waals surface area (Å²) in [5.41, 5.74) is -1.23. The van der Waals surface area contributed by atoms with Crippen molar-refractivity contribution in [2.24, 2.45) is 0 Å². The Morgan fingerprint density at radius 1 is 1.00 bits per heavy atom. The molecule has 4 nitrogen and oxygen atoms in total. The van der Waals surface area contributed by atoms with Crippen molar-refractivity contribution < 1.29 is 31.5 Å². The topological polar surface area (TPSA) is 51.2 Å². The molecule has 0 aliphatic rings. The number of nitrogens with one attached hydrogen (secondary N) is 1. The number of aromatic nitrogens is 1. The molecule has 0 radical (unpaired) electrons. The predicted octanol–water partition coefficient (Wildman–Crippen LogP) is 7.98. The van der Waals surface area contributed by atoms with E-state index in [2.05, 4.69) is 26.2 Å². The van der Waals surface area contributed by atoms with Gasteiger partial charge in [0.15, 0.2) is 5.75 Å². The highest BCUT2D eigenvalue weighted by molar-refractivity contribution is 9.10. The third-order valence-electron chi connectivity index (χ3n) is 5.15. The number of rotatable bonds is 6.